The van der Waals surface area contributed by atoms with Crippen LogP contribution in [0.2, 0.25) is 5.02 Å². The van der Waals surface area contributed by atoms with Crippen LogP contribution in [0, 0.1) is 11.3 Å². The van der Waals surface area contributed by atoms with Crippen molar-refractivity contribution in [3.8, 4) is 17.3 Å². The Labute approximate surface area is 154 Å². The Morgan fingerprint density at radius 3 is 2.68 bits per heavy atom. The minimum atomic E-state index is -0.277. The Hall–Kier alpha value is -2.94. The predicted octanol–water partition coefficient (Wildman–Crippen LogP) is 4.99. The zero-order valence-corrected chi connectivity index (χ0v) is 14.5. The van der Waals surface area contributed by atoms with Crippen LogP contribution in [0.25, 0.3) is 17.3 Å². The third-order valence-electron chi connectivity index (χ3n) is 3.36. The molecule has 3 rings (SSSR count). The molecule has 0 radical (unpaired) electrons. The van der Waals surface area contributed by atoms with Gasteiger partial charge in [-0.25, -0.2) is 4.98 Å². The van der Waals surface area contributed by atoms with E-state index in [-0.39, 0.29) is 5.91 Å². The lowest BCUT2D eigenvalue weighted by atomic mass is 10.1. The molecule has 0 aliphatic carbocycles. The average Bonchev–Trinajstić information content (AvgIpc) is 3.09. The SMILES string of the molecule is N#Cc1ccc(-c2csc(NC(=O)/C=C/c3ccccc3Cl)n2)cc1. The van der Waals surface area contributed by atoms with Crippen molar-refractivity contribution >= 4 is 40.1 Å². The summed E-state index contributed by atoms with van der Waals surface area (Å²) in [7, 11) is 0. The molecule has 0 aliphatic rings. The Bertz CT molecular complexity index is 971. The van der Waals surface area contributed by atoms with Crippen LogP contribution in [-0.4, -0.2) is 10.9 Å². The number of aromatic nitrogens is 1. The van der Waals surface area contributed by atoms with E-state index >= 15 is 0 Å². The number of amides is 1. The lowest BCUT2D eigenvalue weighted by Crippen LogP contribution is -2.07. The maximum atomic E-state index is 12.0. The van der Waals surface area contributed by atoms with Gasteiger partial charge in [0.05, 0.1) is 17.3 Å². The second-order valence-electron chi connectivity index (χ2n) is 5.07. The number of anilines is 1. The van der Waals surface area contributed by atoms with Gasteiger partial charge < -0.3 is 0 Å². The van der Waals surface area contributed by atoms with E-state index < -0.39 is 0 Å². The number of hydrogen-bond acceptors (Lipinski definition) is 4. The first kappa shape index (κ1) is 16.9. The first-order valence-corrected chi connectivity index (χ1v) is 8.61. The summed E-state index contributed by atoms with van der Waals surface area (Å²) >= 11 is 7.39. The van der Waals surface area contributed by atoms with Gasteiger partial charge in [0.25, 0.3) is 0 Å². The summed E-state index contributed by atoms with van der Waals surface area (Å²) in [5.41, 5.74) is 3.01. The van der Waals surface area contributed by atoms with Crippen LogP contribution in [0.4, 0.5) is 5.13 Å². The number of thiazole rings is 1. The number of nitrogens with zero attached hydrogens (tertiary/aromatic N) is 2. The van der Waals surface area contributed by atoms with Crippen molar-refractivity contribution in [3.63, 3.8) is 0 Å². The fourth-order valence-corrected chi connectivity index (χ4v) is 3.02. The molecule has 0 spiro atoms. The van der Waals surface area contributed by atoms with Gasteiger partial charge in [-0.15, -0.1) is 11.3 Å². The van der Waals surface area contributed by atoms with Gasteiger partial charge in [-0.3, -0.25) is 10.1 Å². The number of carbonyl (C=O) groups excluding carboxylic acids is 1. The molecule has 122 valence electrons. The zero-order valence-electron chi connectivity index (χ0n) is 12.9. The number of rotatable bonds is 4. The molecule has 2 aromatic carbocycles. The first-order valence-electron chi connectivity index (χ1n) is 7.35. The number of carbonyl (C=O) groups is 1. The highest BCUT2D eigenvalue weighted by atomic mass is 35.5. The summed E-state index contributed by atoms with van der Waals surface area (Å²) in [4.78, 5) is 16.4. The number of nitriles is 1. The van der Waals surface area contributed by atoms with Gasteiger partial charge in [-0.2, -0.15) is 5.26 Å². The number of nitrogens with one attached hydrogen (secondary N) is 1. The van der Waals surface area contributed by atoms with Gasteiger partial charge in [0, 0.05) is 22.0 Å². The summed E-state index contributed by atoms with van der Waals surface area (Å²) in [6, 6.07) is 16.5. The zero-order chi connectivity index (χ0) is 17.6. The van der Waals surface area contributed by atoms with E-state index in [1.165, 1.54) is 17.4 Å². The molecule has 6 heteroatoms. The molecule has 25 heavy (non-hydrogen) atoms. The molecule has 1 N–H and O–H groups in total. The molecule has 0 bridgehead atoms. The molecule has 1 heterocycles. The quantitative estimate of drug-likeness (QED) is 0.662. The lowest BCUT2D eigenvalue weighted by molar-refractivity contribution is -0.111. The second kappa shape index (κ2) is 7.75. The van der Waals surface area contributed by atoms with Gasteiger partial charge in [-0.1, -0.05) is 41.9 Å². The van der Waals surface area contributed by atoms with Crippen LogP contribution in [0.3, 0.4) is 0 Å². The monoisotopic (exact) mass is 365 g/mol. The highest BCUT2D eigenvalue weighted by Gasteiger charge is 2.07. The average molecular weight is 366 g/mol. The van der Waals surface area contributed by atoms with Crippen LogP contribution in [0.1, 0.15) is 11.1 Å². The molecular weight excluding hydrogens is 354 g/mol. The Morgan fingerprint density at radius 2 is 1.96 bits per heavy atom. The van der Waals surface area contributed by atoms with Crippen LogP contribution >= 0.6 is 22.9 Å². The Kier molecular flexibility index (Phi) is 5.24. The minimum absolute atomic E-state index is 0.277. The van der Waals surface area contributed by atoms with Gasteiger partial charge in [-0.05, 0) is 29.8 Å². The normalized spacial score (nSPS) is 10.6. The molecule has 0 aliphatic heterocycles. The molecule has 0 saturated heterocycles. The largest absolute Gasteiger partial charge is 0.298 e. The van der Waals surface area contributed by atoms with Crippen LogP contribution in [-0.2, 0) is 4.79 Å². The smallest absolute Gasteiger partial charge is 0.250 e. The van der Waals surface area contributed by atoms with E-state index in [0.29, 0.717) is 15.7 Å². The van der Waals surface area contributed by atoms with Crippen molar-refractivity contribution in [2.24, 2.45) is 0 Å². The fourth-order valence-electron chi connectivity index (χ4n) is 2.10. The third kappa shape index (κ3) is 4.32. The molecule has 0 saturated carbocycles. The van der Waals surface area contributed by atoms with E-state index in [9.17, 15) is 4.79 Å². The molecule has 0 unspecified atom stereocenters. The van der Waals surface area contributed by atoms with Gasteiger partial charge >= 0.3 is 0 Å². The number of benzene rings is 2. The van der Waals surface area contributed by atoms with Gasteiger partial charge in [0.1, 0.15) is 0 Å². The number of halogens is 1. The molecule has 0 atom stereocenters. The van der Waals surface area contributed by atoms with Crippen LogP contribution < -0.4 is 5.32 Å². The van der Waals surface area contributed by atoms with Crippen molar-refractivity contribution < 1.29 is 4.79 Å². The predicted molar refractivity (Wildman–Crippen MR) is 101 cm³/mol. The van der Waals surface area contributed by atoms with E-state index in [0.717, 1.165) is 16.8 Å². The highest BCUT2D eigenvalue weighted by molar-refractivity contribution is 7.14. The summed E-state index contributed by atoms with van der Waals surface area (Å²) < 4.78 is 0. The highest BCUT2D eigenvalue weighted by Crippen LogP contribution is 2.25. The van der Waals surface area contributed by atoms with Crippen molar-refractivity contribution in [3.05, 3.63) is 76.1 Å². The van der Waals surface area contributed by atoms with Crippen LogP contribution in [0.15, 0.2) is 60.0 Å². The standard InChI is InChI=1S/C19H12ClN3OS/c20-16-4-2-1-3-14(16)9-10-18(24)23-19-22-17(12-25-19)15-7-5-13(11-21)6-8-15/h1-10,12H,(H,22,23,24)/b10-9+. The van der Waals surface area contributed by atoms with Gasteiger partial charge in [0.15, 0.2) is 5.13 Å². The summed E-state index contributed by atoms with van der Waals surface area (Å²) in [6.07, 6.45) is 3.08. The maximum absolute atomic E-state index is 12.0. The van der Waals surface area contributed by atoms with Crippen molar-refractivity contribution in [2.45, 2.75) is 0 Å². The summed E-state index contributed by atoms with van der Waals surface area (Å²) in [6.45, 7) is 0. The maximum Gasteiger partial charge on any atom is 0.250 e. The fraction of sp³-hybridized carbons (Fsp3) is 0. The molecule has 4 nitrogen and oxygen atoms in total. The van der Waals surface area contributed by atoms with Crippen LogP contribution in [0.5, 0.6) is 0 Å². The van der Waals surface area contributed by atoms with E-state index in [1.54, 1.807) is 24.3 Å². The van der Waals surface area contributed by atoms with E-state index in [1.807, 2.05) is 35.7 Å². The van der Waals surface area contributed by atoms with Gasteiger partial charge in [0.2, 0.25) is 5.91 Å². The van der Waals surface area contributed by atoms with E-state index in [2.05, 4.69) is 16.4 Å². The Balaban J connectivity index is 1.67. The molecular formula is C19H12ClN3OS. The lowest BCUT2D eigenvalue weighted by Gasteiger charge is -1.98. The topological polar surface area (TPSA) is 65.8 Å². The summed E-state index contributed by atoms with van der Waals surface area (Å²) in [5, 5.41) is 14.5. The van der Waals surface area contributed by atoms with E-state index in [4.69, 9.17) is 16.9 Å². The van der Waals surface area contributed by atoms with Crippen molar-refractivity contribution in [1.29, 1.82) is 5.26 Å². The number of hydrogen-bond donors (Lipinski definition) is 1. The minimum Gasteiger partial charge on any atom is -0.298 e. The molecule has 1 aromatic heterocycles. The van der Waals surface area contributed by atoms with Crippen molar-refractivity contribution in [1.82, 2.24) is 4.98 Å². The molecule has 1 amide bonds. The van der Waals surface area contributed by atoms with Crippen molar-refractivity contribution in [2.75, 3.05) is 5.32 Å². The third-order valence-corrected chi connectivity index (χ3v) is 4.47. The Morgan fingerprint density at radius 1 is 1.20 bits per heavy atom. The molecule has 0 fully saturated rings. The summed E-state index contributed by atoms with van der Waals surface area (Å²) in [5.74, 6) is -0.277. The first-order chi connectivity index (χ1) is 12.2. The molecule has 3 aromatic rings. The second-order valence-corrected chi connectivity index (χ2v) is 6.34.